The Morgan fingerprint density at radius 1 is 0.587 bits per heavy atom. The van der Waals surface area contributed by atoms with E-state index in [2.05, 4.69) is 13.8 Å². The molecule has 0 atom stereocenters. The highest BCUT2D eigenvalue weighted by Crippen LogP contribution is 2.22. The number of ether oxygens (including phenoxy) is 2. The summed E-state index contributed by atoms with van der Waals surface area (Å²) in [5.41, 5.74) is -0.787. The molecule has 0 spiro atoms. The first-order valence-corrected chi connectivity index (χ1v) is 19.5. The van der Waals surface area contributed by atoms with Crippen LogP contribution in [0.25, 0.3) is 0 Å². The lowest BCUT2D eigenvalue weighted by Crippen LogP contribution is -2.18. The standard InChI is InChI=1S/C38H62O7S/c1-3-5-7-9-11-13-15-17-19-21-23-25-27-32-44-37(39)34-30-29-31-35(46(41,42)43)36(34)38(40)45-33-28-26-24-22-20-18-16-14-12-10-8-6-4-2/h25-31H,3-24,32-33H2,1-2H3,(H,41,42,43)/b27-25+,28-26+. The Hall–Kier alpha value is -2.45. The highest BCUT2D eigenvalue weighted by molar-refractivity contribution is 7.86. The first-order valence-electron chi connectivity index (χ1n) is 18.1. The van der Waals surface area contributed by atoms with Crippen molar-refractivity contribution in [3.63, 3.8) is 0 Å². The van der Waals surface area contributed by atoms with Crippen molar-refractivity contribution in [2.24, 2.45) is 0 Å². The summed E-state index contributed by atoms with van der Waals surface area (Å²) in [6, 6.07) is 3.64. The molecule has 0 heterocycles. The first kappa shape index (κ1) is 41.6. The Balaban J connectivity index is 2.43. The van der Waals surface area contributed by atoms with Gasteiger partial charge in [0.05, 0.1) is 11.1 Å². The van der Waals surface area contributed by atoms with Crippen LogP contribution in [0.4, 0.5) is 0 Å². The minimum atomic E-state index is -4.78. The number of carbonyl (C=O) groups excluding carboxylic acids is 2. The molecule has 46 heavy (non-hydrogen) atoms. The molecule has 0 amide bonds. The summed E-state index contributed by atoms with van der Waals surface area (Å²) in [6.45, 7) is 4.38. The molecule has 0 saturated heterocycles. The van der Waals surface area contributed by atoms with Crippen LogP contribution in [-0.2, 0) is 19.6 Å². The second-order valence-electron chi connectivity index (χ2n) is 12.2. The monoisotopic (exact) mass is 662 g/mol. The summed E-state index contributed by atoms with van der Waals surface area (Å²) in [5, 5.41) is 0. The summed E-state index contributed by atoms with van der Waals surface area (Å²) in [5.74, 6) is -1.88. The van der Waals surface area contributed by atoms with Gasteiger partial charge in [-0.25, -0.2) is 9.59 Å². The van der Waals surface area contributed by atoms with Gasteiger partial charge >= 0.3 is 11.9 Å². The van der Waals surface area contributed by atoms with Crippen molar-refractivity contribution in [1.82, 2.24) is 0 Å². The zero-order valence-electron chi connectivity index (χ0n) is 28.8. The van der Waals surface area contributed by atoms with E-state index in [1.54, 1.807) is 12.2 Å². The van der Waals surface area contributed by atoms with Crippen molar-refractivity contribution in [2.75, 3.05) is 13.2 Å². The van der Waals surface area contributed by atoms with Crippen LogP contribution in [-0.4, -0.2) is 38.1 Å². The number of esters is 2. The Morgan fingerprint density at radius 3 is 1.39 bits per heavy atom. The predicted octanol–water partition coefficient (Wildman–Crippen LogP) is 11.0. The van der Waals surface area contributed by atoms with E-state index in [0.717, 1.165) is 38.2 Å². The molecule has 1 aromatic rings. The van der Waals surface area contributed by atoms with E-state index in [1.807, 2.05) is 12.2 Å². The SMILES string of the molecule is CCCCCCCCCCCC/C=C/COC(=O)c1cccc(S(=O)(=O)O)c1C(=O)OC/C=C/CCCCCCCCCCCC. The van der Waals surface area contributed by atoms with Crippen molar-refractivity contribution >= 4 is 22.1 Å². The zero-order chi connectivity index (χ0) is 33.7. The molecule has 1 rings (SSSR count). The molecule has 0 aromatic heterocycles. The molecule has 0 fully saturated rings. The summed E-state index contributed by atoms with van der Waals surface area (Å²) in [4.78, 5) is 25.0. The van der Waals surface area contributed by atoms with Gasteiger partial charge in [-0.3, -0.25) is 4.55 Å². The minimum Gasteiger partial charge on any atom is -0.458 e. The third-order valence-corrected chi connectivity index (χ3v) is 9.03. The smallest absolute Gasteiger partial charge is 0.340 e. The van der Waals surface area contributed by atoms with Gasteiger partial charge in [-0.2, -0.15) is 8.42 Å². The van der Waals surface area contributed by atoms with Crippen LogP contribution in [0.5, 0.6) is 0 Å². The van der Waals surface area contributed by atoms with E-state index in [0.29, 0.717) is 0 Å². The molecule has 1 N–H and O–H groups in total. The van der Waals surface area contributed by atoms with Crippen LogP contribution in [0, 0.1) is 0 Å². The number of carbonyl (C=O) groups is 2. The molecule has 262 valence electrons. The number of unbranched alkanes of at least 4 members (excludes halogenated alkanes) is 20. The Bertz CT molecular complexity index is 1110. The van der Waals surface area contributed by atoms with Gasteiger partial charge in [-0.05, 0) is 37.8 Å². The quantitative estimate of drug-likeness (QED) is 0.0393. The van der Waals surface area contributed by atoms with E-state index >= 15 is 0 Å². The van der Waals surface area contributed by atoms with Crippen molar-refractivity contribution in [2.45, 2.75) is 160 Å². The Labute approximate surface area is 280 Å². The van der Waals surface area contributed by atoms with Gasteiger partial charge in [0.1, 0.15) is 18.1 Å². The Morgan fingerprint density at radius 2 is 0.978 bits per heavy atom. The number of hydrogen-bond acceptors (Lipinski definition) is 6. The van der Waals surface area contributed by atoms with Crippen molar-refractivity contribution < 1.29 is 32.0 Å². The molecule has 0 aliphatic heterocycles. The topological polar surface area (TPSA) is 107 Å². The first-order chi connectivity index (χ1) is 22.3. The van der Waals surface area contributed by atoms with Gasteiger partial charge in [0.2, 0.25) is 0 Å². The minimum absolute atomic E-state index is 0.0110. The lowest BCUT2D eigenvalue weighted by Gasteiger charge is -2.11. The molecule has 0 saturated carbocycles. The van der Waals surface area contributed by atoms with Crippen molar-refractivity contribution in [3.05, 3.63) is 53.6 Å². The highest BCUT2D eigenvalue weighted by Gasteiger charge is 2.28. The highest BCUT2D eigenvalue weighted by atomic mass is 32.2. The molecule has 1 aromatic carbocycles. The molecular weight excluding hydrogens is 600 g/mol. The Kier molecular flexibility index (Phi) is 25.0. The molecule has 7 nitrogen and oxygen atoms in total. The van der Waals surface area contributed by atoms with E-state index in [1.165, 1.54) is 121 Å². The van der Waals surface area contributed by atoms with E-state index in [-0.39, 0.29) is 18.8 Å². The van der Waals surface area contributed by atoms with Crippen LogP contribution >= 0.6 is 0 Å². The van der Waals surface area contributed by atoms with Gasteiger partial charge in [0, 0.05) is 0 Å². The van der Waals surface area contributed by atoms with Gasteiger partial charge in [0.25, 0.3) is 10.1 Å². The summed E-state index contributed by atoms with van der Waals surface area (Å²) in [7, 11) is -4.78. The molecule has 0 aliphatic rings. The van der Waals surface area contributed by atoms with Gasteiger partial charge in [-0.1, -0.05) is 160 Å². The van der Waals surface area contributed by atoms with Crippen molar-refractivity contribution in [1.29, 1.82) is 0 Å². The summed E-state index contributed by atoms with van der Waals surface area (Å²) < 4.78 is 44.3. The van der Waals surface area contributed by atoms with Crippen LogP contribution in [0.2, 0.25) is 0 Å². The van der Waals surface area contributed by atoms with Crippen LogP contribution in [0.1, 0.15) is 176 Å². The number of benzene rings is 1. The normalized spacial score (nSPS) is 11.9. The summed E-state index contributed by atoms with van der Waals surface area (Å²) in [6.07, 6.45) is 34.4. The fraction of sp³-hybridized carbons (Fsp3) is 0.684. The van der Waals surface area contributed by atoms with Gasteiger partial charge in [0.15, 0.2) is 0 Å². The lowest BCUT2D eigenvalue weighted by molar-refractivity contribution is 0.0499. The van der Waals surface area contributed by atoms with E-state index in [4.69, 9.17) is 9.47 Å². The van der Waals surface area contributed by atoms with Crippen LogP contribution < -0.4 is 0 Å². The maximum Gasteiger partial charge on any atom is 0.340 e. The number of allylic oxidation sites excluding steroid dienone is 2. The second kappa shape index (κ2) is 27.6. The fourth-order valence-electron chi connectivity index (χ4n) is 5.40. The molecule has 8 heteroatoms. The molecule has 0 bridgehead atoms. The van der Waals surface area contributed by atoms with Crippen LogP contribution in [0.15, 0.2) is 47.4 Å². The fourth-order valence-corrected chi connectivity index (χ4v) is 6.10. The molecular formula is C38H62O7S. The van der Waals surface area contributed by atoms with E-state index in [9.17, 15) is 22.6 Å². The third-order valence-electron chi connectivity index (χ3n) is 8.13. The lowest BCUT2D eigenvalue weighted by atomic mass is 10.1. The maximum absolute atomic E-state index is 12.9. The second-order valence-corrected chi connectivity index (χ2v) is 13.6. The predicted molar refractivity (Wildman–Crippen MR) is 188 cm³/mol. The molecule has 0 radical (unpaired) electrons. The molecule has 0 unspecified atom stereocenters. The average molecular weight is 663 g/mol. The van der Waals surface area contributed by atoms with Crippen molar-refractivity contribution in [3.8, 4) is 0 Å². The molecule has 0 aliphatic carbocycles. The number of hydrogen-bond donors (Lipinski definition) is 1. The zero-order valence-corrected chi connectivity index (χ0v) is 29.6. The third kappa shape index (κ3) is 20.6. The average Bonchev–Trinajstić information content (AvgIpc) is 3.04. The number of rotatable bonds is 29. The van der Waals surface area contributed by atoms with Gasteiger partial charge < -0.3 is 9.47 Å². The van der Waals surface area contributed by atoms with Gasteiger partial charge in [-0.15, -0.1) is 0 Å². The maximum atomic E-state index is 12.9. The van der Waals surface area contributed by atoms with E-state index < -0.39 is 32.5 Å². The van der Waals surface area contributed by atoms with Crippen LogP contribution in [0.3, 0.4) is 0 Å². The summed E-state index contributed by atoms with van der Waals surface area (Å²) >= 11 is 0. The largest absolute Gasteiger partial charge is 0.458 e.